The zero-order chi connectivity index (χ0) is 20.9. The summed E-state index contributed by atoms with van der Waals surface area (Å²) in [4.78, 5) is 16.0. The van der Waals surface area contributed by atoms with Gasteiger partial charge in [0, 0.05) is 30.6 Å². The Hall–Kier alpha value is -3.00. The molecule has 0 saturated carbocycles. The Balaban J connectivity index is 1.30. The van der Waals surface area contributed by atoms with Crippen molar-refractivity contribution in [3.8, 4) is 23.0 Å². The molecule has 1 heterocycles. The molecule has 0 aliphatic heterocycles. The summed E-state index contributed by atoms with van der Waals surface area (Å²) in [5.41, 5.74) is 5.38. The van der Waals surface area contributed by atoms with E-state index in [2.05, 4.69) is 46.4 Å². The molecule has 1 amide bonds. The molecule has 0 radical (unpaired) electrons. The highest BCUT2D eigenvalue weighted by atomic mass is 35.5. The standard InChI is InChI=1S/C24H18Cl2N2O2/c25-22-16(12-14-27-23(22)26)7-5-6-13-28-24(29)30-15-21-19-10-3-1-8-17(19)18-9-2-4-11-20(18)21/h1-4,8-12,14,21H,6,13,15H2,(H,28,29). The number of hydrogen-bond acceptors (Lipinski definition) is 3. The summed E-state index contributed by atoms with van der Waals surface area (Å²) in [5, 5.41) is 3.28. The van der Waals surface area contributed by atoms with Crippen molar-refractivity contribution in [1.82, 2.24) is 10.3 Å². The van der Waals surface area contributed by atoms with Crippen LogP contribution >= 0.6 is 23.2 Å². The van der Waals surface area contributed by atoms with E-state index in [9.17, 15) is 4.79 Å². The van der Waals surface area contributed by atoms with Crippen molar-refractivity contribution in [2.45, 2.75) is 12.3 Å². The lowest BCUT2D eigenvalue weighted by molar-refractivity contribution is 0.143. The summed E-state index contributed by atoms with van der Waals surface area (Å²) in [7, 11) is 0. The number of hydrogen-bond donors (Lipinski definition) is 1. The molecule has 150 valence electrons. The molecule has 0 unspecified atom stereocenters. The summed E-state index contributed by atoms with van der Waals surface area (Å²) in [6.07, 6.45) is 1.55. The number of amides is 1. The first-order valence-corrected chi connectivity index (χ1v) is 10.3. The van der Waals surface area contributed by atoms with E-state index in [0.29, 0.717) is 23.6 Å². The van der Waals surface area contributed by atoms with Gasteiger partial charge < -0.3 is 10.1 Å². The lowest BCUT2D eigenvalue weighted by Crippen LogP contribution is -2.26. The van der Waals surface area contributed by atoms with Gasteiger partial charge in [-0.2, -0.15) is 0 Å². The van der Waals surface area contributed by atoms with Crippen molar-refractivity contribution in [2.24, 2.45) is 0 Å². The van der Waals surface area contributed by atoms with Crippen molar-refractivity contribution in [3.63, 3.8) is 0 Å². The van der Waals surface area contributed by atoms with Gasteiger partial charge in [-0.1, -0.05) is 83.6 Å². The Morgan fingerprint density at radius 3 is 2.40 bits per heavy atom. The highest BCUT2D eigenvalue weighted by Gasteiger charge is 2.28. The molecule has 4 nitrogen and oxygen atoms in total. The summed E-state index contributed by atoms with van der Waals surface area (Å²) >= 11 is 11.9. The van der Waals surface area contributed by atoms with E-state index in [1.807, 2.05) is 24.3 Å². The van der Waals surface area contributed by atoms with E-state index in [1.165, 1.54) is 22.3 Å². The Bertz CT molecular complexity index is 1110. The minimum atomic E-state index is -0.455. The number of aromatic nitrogens is 1. The van der Waals surface area contributed by atoms with Gasteiger partial charge in [0.15, 0.2) is 0 Å². The van der Waals surface area contributed by atoms with E-state index in [0.717, 1.165) is 0 Å². The van der Waals surface area contributed by atoms with Crippen LogP contribution in [0.15, 0.2) is 60.8 Å². The van der Waals surface area contributed by atoms with Crippen LogP contribution in [0.25, 0.3) is 11.1 Å². The summed E-state index contributed by atoms with van der Waals surface area (Å²) in [6, 6.07) is 18.2. The second-order valence-electron chi connectivity index (χ2n) is 6.77. The van der Waals surface area contributed by atoms with Gasteiger partial charge in [-0.25, -0.2) is 9.78 Å². The topological polar surface area (TPSA) is 51.2 Å². The van der Waals surface area contributed by atoms with Crippen molar-refractivity contribution < 1.29 is 9.53 Å². The van der Waals surface area contributed by atoms with Gasteiger partial charge in [0.25, 0.3) is 0 Å². The van der Waals surface area contributed by atoms with Gasteiger partial charge in [0.2, 0.25) is 0 Å². The highest BCUT2D eigenvalue weighted by Crippen LogP contribution is 2.44. The number of ether oxygens (including phenoxy) is 1. The lowest BCUT2D eigenvalue weighted by atomic mass is 9.98. The summed E-state index contributed by atoms with van der Waals surface area (Å²) < 4.78 is 5.49. The Morgan fingerprint density at radius 2 is 1.70 bits per heavy atom. The molecule has 30 heavy (non-hydrogen) atoms. The van der Waals surface area contributed by atoms with Gasteiger partial charge in [0.05, 0.1) is 5.02 Å². The smallest absolute Gasteiger partial charge is 0.407 e. The van der Waals surface area contributed by atoms with Gasteiger partial charge in [-0.3, -0.25) is 0 Å². The van der Waals surface area contributed by atoms with Crippen LogP contribution in [-0.4, -0.2) is 24.2 Å². The zero-order valence-corrected chi connectivity index (χ0v) is 17.5. The monoisotopic (exact) mass is 436 g/mol. The van der Waals surface area contributed by atoms with Crippen LogP contribution in [0.1, 0.15) is 29.0 Å². The van der Waals surface area contributed by atoms with Gasteiger partial charge in [0.1, 0.15) is 11.8 Å². The first-order valence-electron chi connectivity index (χ1n) is 9.53. The third kappa shape index (κ3) is 4.28. The van der Waals surface area contributed by atoms with Crippen LogP contribution in [-0.2, 0) is 4.74 Å². The average Bonchev–Trinajstić information content (AvgIpc) is 3.09. The Labute approximate surface area is 185 Å². The number of carbonyl (C=O) groups excluding carboxylic acids is 1. The number of alkyl carbamates (subject to hydrolysis) is 1. The predicted octanol–water partition coefficient (Wildman–Crippen LogP) is 5.67. The molecule has 0 saturated heterocycles. The van der Waals surface area contributed by atoms with E-state index in [-0.39, 0.29) is 17.7 Å². The van der Waals surface area contributed by atoms with Crippen LogP contribution < -0.4 is 5.32 Å². The third-order valence-corrected chi connectivity index (χ3v) is 5.70. The number of halogens is 2. The van der Waals surface area contributed by atoms with Crippen molar-refractivity contribution in [3.05, 3.63) is 87.7 Å². The fourth-order valence-corrected chi connectivity index (χ4v) is 3.87. The number of fused-ring (bicyclic) bond motifs is 3. The molecule has 0 bridgehead atoms. The first kappa shape index (κ1) is 20.3. The van der Waals surface area contributed by atoms with Gasteiger partial charge in [-0.05, 0) is 28.3 Å². The molecule has 6 heteroatoms. The van der Waals surface area contributed by atoms with Crippen LogP contribution in [0.3, 0.4) is 0 Å². The molecule has 0 spiro atoms. The number of nitrogens with zero attached hydrogens (tertiary/aromatic N) is 1. The lowest BCUT2D eigenvalue weighted by Gasteiger charge is -2.14. The second-order valence-corrected chi connectivity index (χ2v) is 7.50. The SMILES string of the molecule is O=C(NCCC#Cc1ccnc(Cl)c1Cl)OCC1c2ccccc2-c2ccccc21. The molecule has 2 aromatic carbocycles. The number of rotatable bonds is 4. The second kappa shape index (κ2) is 9.21. The van der Waals surface area contributed by atoms with Crippen molar-refractivity contribution in [1.29, 1.82) is 0 Å². The average molecular weight is 437 g/mol. The van der Waals surface area contributed by atoms with Crippen LogP contribution in [0.2, 0.25) is 10.2 Å². The number of benzene rings is 2. The van der Waals surface area contributed by atoms with Crippen molar-refractivity contribution in [2.75, 3.05) is 13.2 Å². The van der Waals surface area contributed by atoms with Crippen LogP contribution in [0.4, 0.5) is 4.79 Å². The van der Waals surface area contributed by atoms with Gasteiger partial charge in [-0.15, -0.1) is 0 Å². The molecule has 4 rings (SSSR count). The summed E-state index contributed by atoms with van der Waals surface area (Å²) in [5.74, 6) is 5.93. The largest absolute Gasteiger partial charge is 0.449 e. The van der Waals surface area contributed by atoms with Gasteiger partial charge >= 0.3 is 6.09 Å². The molecule has 0 fully saturated rings. The molecular formula is C24H18Cl2N2O2. The number of carbonyl (C=O) groups is 1. The molecule has 1 aliphatic rings. The van der Waals surface area contributed by atoms with E-state index in [4.69, 9.17) is 27.9 Å². The highest BCUT2D eigenvalue weighted by molar-refractivity contribution is 6.41. The van der Waals surface area contributed by atoms with Crippen LogP contribution in [0, 0.1) is 11.8 Å². The normalized spacial score (nSPS) is 11.8. The Morgan fingerprint density at radius 1 is 1.03 bits per heavy atom. The number of pyridine rings is 1. The minimum Gasteiger partial charge on any atom is -0.449 e. The Kier molecular flexibility index (Phi) is 6.23. The first-order chi connectivity index (χ1) is 14.6. The molecular weight excluding hydrogens is 419 g/mol. The minimum absolute atomic E-state index is 0.0431. The predicted molar refractivity (Wildman–Crippen MR) is 119 cm³/mol. The quantitative estimate of drug-likeness (QED) is 0.325. The summed E-state index contributed by atoms with van der Waals surface area (Å²) in [6.45, 7) is 0.663. The fraction of sp³-hybridized carbons (Fsp3) is 0.167. The number of nitrogens with one attached hydrogen (secondary N) is 1. The molecule has 1 aromatic heterocycles. The fourth-order valence-electron chi connectivity index (χ4n) is 3.55. The molecule has 1 aliphatic carbocycles. The zero-order valence-electron chi connectivity index (χ0n) is 16.0. The van der Waals surface area contributed by atoms with Crippen LogP contribution in [0.5, 0.6) is 0 Å². The molecule has 3 aromatic rings. The third-order valence-electron chi connectivity index (χ3n) is 4.93. The maximum Gasteiger partial charge on any atom is 0.407 e. The van der Waals surface area contributed by atoms with E-state index >= 15 is 0 Å². The molecule has 0 atom stereocenters. The molecule has 1 N–H and O–H groups in total. The van der Waals surface area contributed by atoms with Crippen molar-refractivity contribution >= 4 is 29.3 Å². The van der Waals surface area contributed by atoms with E-state index in [1.54, 1.807) is 12.3 Å². The van der Waals surface area contributed by atoms with E-state index < -0.39 is 6.09 Å². The maximum atomic E-state index is 12.1. The maximum absolute atomic E-state index is 12.1.